The molecule has 2 unspecified atom stereocenters. The van der Waals surface area contributed by atoms with Gasteiger partial charge in [-0.3, -0.25) is 4.79 Å². The van der Waals surface area contributed by atoms with Crippen molar-refractivity contribution in [3.8, 4) is 0 Å². The Morgan fingerprint density at radius 1 is 1.21 bits per heavy atom. The monoisotopic (exact) mass is 419 g/mol. The van der Waals surface area contributed by atoms with Crippen LogP contribution in [0.3, 0.4) is 0 Å². The number of urea groups is 1. The molecule has 28 heavy (non-hydrogen) atoms. The van der Waals surface area contributed by atoms with E-state index in [9.17, 15) is 9.59 Å². The number of primary amides is 1. The molecule has 3 rings (SSSR count). The fourth-order valence-corrected chi connectivity index (χ4v) is 4.75. The number of hydrogen-bond donors (Lipinski definition) is 1. The summed E-state index contributed by atoms with van der Waals surface area (Å²) in [6.45, 7) is 2.36. The van der Waals surface area contributed by atoms with Crippen molar-refractivity contribution >= 4 is 45.6 Å². The van der Waals surface area contributed by atoms with Crippen LogP contribution in [0.1, 0.15) is 31.2 Å². The Hall–Kier alpha value is -2.35. The summed E-state index contributed by atoms with van der Waals surface area (Å²) in [5.74, 6) is -0.345. The molecule has 0 radical (unpaired) electrons. The molecular weight excluding hydrogens is 398 g/mol. The van der Waals surface area contributed by atoms with Crippen molar-refractivity contribution in [2.45, 2.75) is 25.7 Å². The summed E-state index contributed by atoms with van der Waals surface area (Å²) >= 11 is 5.99. The lowest BCUT2D eigenvalue weighted by Gasteiger charge is -2.31. The van der Waals surface area contributed by atoms with Gasteiger partial charge in [-0.1, -0.05) is 48.9 Å². The van der Waals surface area contributed by atoms with E-state index in [4.69, 9.17) is 21.5 Å². The van der Waals surface area contributed by atoms with Crippen LogP contribution in [0.5, 0.6) is 0 Å². The molecule has 0 aromatic heterocycles. The maximum atomic E-state index is 12.3. The second-order valence-electron chi connectivity index (χ2n) is 6.30. The summed E-state index contributed by atoms with van der Waals surface area (Å²) in [5.41, 5.74) is 7.32. The first-order valence-corrected chi connectivity index (χ1v) is 10.5. The van der Waals surface area contributed by atoms with E-state index in [1.165, 1.54) is 5.01 Å². The molecule has 0 saturated heterocycles. The van der Waals surface area contributed by atoms with Gasteiger partial charge < -0.3 is 9.92 Å². The first kappa shape index (κ1) is 20.4. The summed E-state index contributed by atoms with van der Waals surface area (Å²) in [5, 5.41) is 3.96. The Kier molecular flexibility index (Phi) is 6.72. The van der Waals surface area contributed by atoms with Gasteiger partial charge in [0.1, 0.15) is 0 Å². The number of benzene rings is 2. The number of nitrogens with two attached hydrogens (primary N) is 1. The van der Waals surface area contributed by atoms with E-state index in [1.54, 1.807) is 16.5 Å². The molecule has 1 aliphatic rings. The number of carbonyl (C=O) groups is 2. The van der Waals surface area contributed by atoms with Crippen LogP contribution < -0.4 is 10.7 Å². The zero-order chi connectivity index (χ0) is 20.1. The Morgan fingerprint density at radius 3 is 2.50 bits per heavy atom. The number of hydrogen-bond acceptors (Lipinski definition) is 4. The number of halogens is 1. The minimum atomic E-state index is -1.03. The molecule has 0 fully saturated rings. The van der Waals surface area contributed by atoms with Crippen molar-refractivity contribution in [1.82, 2.24) is 4.41 Å². The number of nitrogens with zero attached hydrogens (tertiary/aromatic N) is 2. The van der Waals surface area contributed by atoms with E-state index in [2.05, 4.69) is 0 Å². The van der Waals surface area contributed by atoms with Gasteiger partial charge in [0.05, 0.1) is 16.6 Å². The Balaban J connectivity index is 1.94. The van der Waals surface area contributed by atoms with Gasteiger partial charge in [-0.2, -0.15) is 0 Å². The standard InChI is InChI=1S/C20H22ClN3O3S/c1-2-6-19(25)27-28-14-16(15-9-11-17(21)12-10-15)13-23(28)24(20(22)26)18-7-4-3-5-8-18/h3-5,7-12,14,16H,2,6,13H2,1H3,(H2,22,26). The van der Waals surface area contributed by atoms with Crippen molar-refractivity contribution in [1.29, 1.82) is 0 Å². The third-order valence-electron chi connectivity index (χ3n) is 4.20. The molecule has 0 spiro atoms. The first-order chi connectivity index (χ1) is 13.5. The van der Waals surface area contributed by atoms with Crippen LogP contribution in [0.2, 0.25) is 5.02 Å². The summed E-state index contributed by atoms with van der Waals surface area (Å²) in [7, 11) is -1.03. The number of anilines is 1. The molecule has 1 heterocycles. The highest BCUT2D eigenvalue weighted by atomic mass is 35.5. The van der Waals surface area contributed by atoms with Crippen LogP contribution >= 0.6 is 22.6 Å². The number of hydrazine groups is 1. The van der Waals surface area contributed by atoms with Crippen molar-refractivity contribution in [3.63, 3.8) is 0 Å². The highest BCUT2D eigenvalue weighted by Crippen LogP contribution is 2.38. The molecular formula is C20H22ClN3O3S. The lowest BCUT2D eigenvalue weighted by molar-refractivity contribution is -0.133. The number of carbonyl (C=O) groups excluding carboxylic acids is 2. The minimum Gasteiger partial charge on any atom is -0.383 e. The first-order valence-electron chi connectivity index (χ1n) is 8.96. The zero-order valence-corrected chi connectivity index (χ0v) is 17.0. The molecule has 2 aromatic rings. The summed E-state index contributed by atoms with van der Waals surface area (Å²) in [6.07, 6.45) is 1.01. The quantitative estimate of drug-likeness (QED) is 0.700. The maximum absolute atomic E-state index is 12.3. The largest absolute Gasteiger partial charge is 0.383 e. The number of para-hydroxylation sites is 1. The van der Waals surface area contributed by atoms with E-state index < -0.39 is 17.0 Å². The number of rotatable bonds is 6. The molecule has 1 aliphatic heterocycles. The second kappa shape index (κ2) is 9.23. The fourth-order valence-electron chi connectivity index (χ4n) is 2.90. The van der Waals surface area contributed by atoms with Crippen LogP contribution in [-0.2, 0) is 8.98 Å². The Labute approximate surface area is 172 Å². The topological polar surface area (TPSA) is 75.9 Å². The molecule has 0 bridgehead atoms. The second-order valence-corrected chi connectivity index (χ2v) is 8.15. The van der Waals surface area contributed by atoms with Crippen molar-refractivity contribution in [2.24, 2.45) is 5.73 Å². The third kappa shape index (κ3) is 4.73. The predicted molar refractivity (Wildman–Crippen MR) is 114 cm³/mol. The highest BCUT2D eigenvalue weighted by Gasteiger charge is 2.34. The van der Waals surface area contributed by atoms with Crippen LogP contribution in [0, 0.1) is 0 Å². The normalized spacial score (nSPS) is 19.1. The van der Waals surface area contributed by atoms with Crippen LogP contribution in [0.4, 0.5) is 10.5 Å². The summed E-state index contributed by atoms with van der Waals surface area (Å²) in [6, 6.07) is 15.9. The lowest BCUT2D eigenvalue weighted by Crippen LogP contribution is -2.46. The van der Waals surface area contributed by atoms with Gasteiger partial charge in [0.25, 0.3) is 0 Å². The van der Waals surface area contributed by atoms with E-state index >= 15 is 0 Å². The average Bonchev–Trinajstić information content (AvgIpc) is 3.06. The molecule has 6 nitrogen and oxygen atoms in total. The lowest BCUT2D eigenvalue weighted by atomic mass is 10.0. The summed E-state index contributed by atoms with van der Waals surface area (Å²) in [4.78, 5) is 24.4. The van der Waals surface area contributed by atoms with Gasteiger partial charge in [-0.05, 0) is 36.2 Å². The maximum Gasteiger partial charge on any atom is 0.334 e. The molecule has 2 atom stereocenters. The van der Waals surface area contributed by atoms with E-state index in [0.717, 1.165) is 5.56 Å². The molecule has 8 heteroatoms. The average molecular weight is 420 g/mol. The van der Waals surface area contributed by atoms with Gasteiger partial charge >= 0.3 is 12.0 Å². The molecule has 0 aliphatic carbocycles. The molecule has 2 aromatic carbocycles. The van der Waals surface area contributed by atoms with Gasteiger partial charge in [0.15, 0.2) is 0 Å². The van der Waals surface area contributed by atoms with E-state index in [-0.39, 0.29) is 11.9 Å². The fraction of sp³-hybridized carbons (Fsp3) is 0.250. The molecule has 0 saturated carbocycles. The van der Waals surface area contributed by atoms with Crippen molar-refractivity contribution in [2.75, 3.05) is 11.6 Å². The predicted octanol–water partition coefficient (Wildman–Crippen LogP) is 4.48. The van der Waals surface area contributed by atoms with Gasteiger partial charge in [0, 0.05) is 29.3 Å². The van der Waals surface area contributed by atoms with Gasteiger partial charge in [-0.25, -0.2) is 9.80 Å². The molecule has 2 amide bonds. The Bertz CT molecular complexity index is 874. The van der Waals surface area contributed by atoms with Crippen molar-refractivity contribution in [3.05, 3.63) is 65.2 Å². The van der Waals surface area contributed by atoms with Crippen LogP contribution in [0.15, 0.2) is 54.6 Å². The zero-order valence-electron chi connectivity index (χ0n) is 15.5. The SMILES string of the molecule is CCCC(=O)OS1=CC(c2ccc(Cl)cc2)CN1N(C(N)=O)c1ccccc1. The smallest absolute Gasteiger partial charge is 0.334 e. The van der Waals surface area contributed by atoms with Crippen LogP contribution in [0.25, 0.3) is 0 Å². The highest BCUT2D eigenvalue weighted by molar-refractivity contribution is 8.09. The summed E-state index contributed by atoms with van der Waals surface area (Å²) < 4.78 is 7.39. The Morgan fingerprint density at radius 2 is 1.89 bits per heavy atom. The van der Waals surface area contributed by atoms with E-state index in [1.807, 2.05) is 54.8 Å². The molecule has 2 N–H and O–H groups in total. The molecule has 148 valence electrons. The van der Waals surface area contributed by atoms with E-state index in [0.29, 0.717) is 30.1 Å². The van der Waals surface area contributed by atoms with Gasteiger partial charge in [0.2, 0.25) is 0 Å². The number of amides is 2. The van der Waals surface area contributed by atoms with Crippen molar-refractivity contribution < 1.29 is 13.8 Å². The minimum absolute atomic E-state index is 0.0411. The third-order valence-corrected chi connectivity index (χ3v) is 6.10. The van der Waals surface area contributed by atoms with Crippen LogP contribution in [-0.4, -0.2) is 28.3 Å². The van der Waals surface area contributed by atoms with Gasteiger partial charge in [-0.15, -0.1) is 4.41 Å².